The Morgan fingerprint density at radius 3 is 2.79 bits per heavy atom. The number of ether oxygens (including phenoxy) is 1. The van der Waals surface area contributed by atoms with Crippen molar-refractivity contribution >= 4 is 22.8 Å². The molecule has 148 valence electrons. The van der Waals surface area contributed by atoms with Gasteiger partial charge in [-0.25, -0.2) is 9.59 Å². The molecule has 7 heteroatoms. The number of para-hydroxylation sites is 1. The molecule has 0 spiro atoms. The lowest BCUT2D eigenvalue weighted by Crippen LogP contribution is -2.43. The third-order valence-electron chi connectivity index (χ3n) is 4.75. The fourth-order valence-electron chi connectivity index (χ4n) is 3.46. The molecule has 1 aliphatic heterocycles. The zero-order valence-corrected chi connectivity index (χ0v) is 16.0. The molecule has 1 aliphatic rings. The van der Waals surface area contributed by atoms with Gasteiger partial charge in [0.1, 0.15) is 0 Å². The molecule has 0 radical (unpaired) electrons. The van der Waals surface area contributed by atoms with Crippen molar-refractivity contribution < 1.29 is 19.4 Å². The van der Waals surface area contributed by atoms with E-state index in [1.54, 1.807) is 6.92 Å². The smallest absolute Gasteiger partial charge is 0.337 e. The Bertz CT molecular complexity index is 904. The summed E-state index contributed by atoms with van der Waals surface area (Å²) in [5.41, 5.74) is 2.63. The first kappa shape index (κ1) is 20.0. The van der Waals surface area contributed by atoms with Gasteiger partial charge in [-0.05, 0) is 31.4 Å². The molecule has 3 rings (SSSR count). The van der Waals surface area contributed by atoms with Crippen LogP contribution < -0.4 is 10.6 Å². The summed E-state index contributed by atoms with van der Waals surface area (Å²) in [6.45, 7) is 7.61. The molecule has 1 unspecified atom stereocenters. The molecule has 0 saturated carbocycles. The van der Waals surface area contributed by atoms with Crippen molar-refractivity contribution in [3.63, 3.8) is 0 Å². The van der Waals surface area contributed by atoms with Gasteiger partial charge in [0, 0.05) is 36.6 Å². The minimum Gasteiger partial charge on any atom is -0.478 e. The van der Waals surface area contributed by atoms with Gasteiger partial charge in [-0.2, -0.15) is 0 Å². The van der Waals surface area contributed by atoms with E-state index in [4.69, 9.17) is 4.74 Å². The first-order valence-electron chi connectivity index (χ1n) is 9.40. The molecule has 0 aliphatic carbocycles. The molecule has 0 amide bonds. The third-order valence-corrected chi connectivity index (χ3v) is 4.75. The molecule has 0 bridgehead atoms. The van der Waals surface area contributed by atoms with E-state index in [1.807, 2.05) is 24.3 Å². The highest BCUT2D eigenvalue weighted by Crippen LogP contribution is 2.30. The number of hydrogen-bond acceptors (Lipinski definition) is 6. The fourth-order valence-corrected chi connectivity index (χ4v) is 3.46. The van der Waals surface area contributed by atoms with Gasteiger partial charge in [-0.1, -0.05) is 24.8 Å². The quantitative estimate of drug-likeness (QED) is 0.383. The van der Waals surface area contributed by atoms with Crippen molar-refractivity contribution in [3.8, 4) is 0 Å². The molecule has 1 aromatic carbocycles. The number of carboxylic acid groups (broad SMARTS) is 1. The number of piperazine rings is 1. The monoisotopic (exact) mass is 383 g/mol. The molecule has 7 nitrogen and oxygen atoms in total. The topological polar surface area (TPSA) is 101 Å². The number of fused-ring (bicyclic) bond motifs is 1. The predicted molar refractivity (Wildman–Crippen MR) is 106 cm³/mol. The van der Waals surface area contributed by atoms with Crippen molar-refractivity contribution in [1.82, 2.24) is 15.6 Å². The van der Waals surface area contributed by atoms with Crippen LogP contribution in [-0.2, 0) is 16.0 Å². The van der Waals surface area contributed by atoms with Crippen molar-refractivity contribution in [2.75, 3.05) is 26.2 Å². The molecule has 1 fully saturated rings. The summed E-state index contributed by atoms with van der Waals surface area (Å²) in [6.07, 6.45) is 0.892. The first-order chi connectivity index (χ1) is 13.5. The van der Waals surface area contributed by atoms with Crippen LogP contribution in [-0.4, -0.2) is 48.3 Å². The number of aromatic nitrogens is 1. The molecule has 1 aromatic heterocycles. The van der Waals surface area contributed by atoms with Gasteiger partial charge in [0.15, 0.2) is 0 Å². The van der Waals surface area contributed by atoms with Crippen LogP contribution >= 0.6 is 0 Å². The Morgan fingerprint density at radius 1 is 1.32 bits per heavy atom. The fraction of sp³-hybridized carbons (Fsp3) is 0.381. The maximum atomic E-state index is 12.2. The summed E-state index contributed by atoms with van der Waals surface area (Å²) < 4.78 is 5.12. The van der Waals surface area contributed by atoms with E-state index in [2.05, 4.69) is 22.2 Å². The number of hydrogen-bond donors (Lipinski definition) is 3. The number of rotatable bonds is 7. The van der Waals surface area contributed by atoms with Crippen LogP contribution in [0.2, 0.25) is 0 Å². The molecule has 28 heavy (non-hydrogen) atoms. The van der Waals surface area contributed by atoms with Crippen LogP contribution in [0.25, 0.3) is 10.9 Å². The lowest BCUT2D eigenvalue weighted by molar-refractivity contribution is -0.139. The van der Waals surface area contributed by atoms with E-state index < -0.39 is 11.9 Å². The maximum Gasteiger partial charge on any atom is 0.337 e. The van der Waals surface area contributed by atoms with Gasteiger partial charge in [0.25, 0.3) is 0 Å². The molecule has 1 atom stereocenters. The van der Waals surface area contributed by atoms with Crippen LogP contribution in [0.3, 0.4) is 0 Å². The van der Waals surface area contributed by atoms with Crippen LogP contribution in [0.15, 0.2) is 36.4 Å². The van der Waals surface area contributed by atoms with E-state index in [0.717, 1.165) is 29.6 Å². The summed E-state index contributed by atoms with van der Waals surface area (Å²) >= 11 is 0. The van der Waals surface area contributed by atoms with Crippen molar-refractivity contribution in [3.05, 3.63) is 53.2 Å². The molecule has 3 N–H and O–H groups in total. The highest BCUT2D eigenvalue weighted by Gasteiger charge is 2.27. The summed E-state index contributed by atoms with van der Waals surface area (Å²) in [4.78, 5) is 28.3. The summed E-state index contributed by atoms with van der Waals surface area (Å²) in [5.74, 6) is -1.43. The molecule has 2 aromatic rings. The SMILES string of the molecule is C=C(C)C(=O)OCCCc1nc2ccccc2c(C2CNCCN2)c1C(=O)O. The lowest BCUT2D eigenvalue weighted by Gasteiger charge is -2.28. The number of nitrogens with zero attached hydrogens (tertiary/aromatic N) is 1. The predicted octanol–water partition coefficient (Wildman–Crippen LogP) is 2.22. The van der Waals surface area contributed by atoms with Crippen LogP contribution in [0.1, 0.15) is 41.0 Å². The molecule has 2 heterocycles. The number of pyridine rings is 1. The van der Waals surface area contributed by atoms with E-state index in [0.29, 0.717) is 30.7 Å². The Labute approximate surface area is 163 Å². The van der Waals surface area contributed by atoms with Gasteiger partial charge < -0.3 is 20.5 Å². The Hall–Kier alpha value is -2.77. The van der Waals surface area contributed by atoms with Gasteiger partial charge in [-0.3, -0.25) is 4.98 Å². The largest absolute Gasteiger partial charge is 0.478 e. The van der Waals surface area contributed by atoms with Crippen LogP contribution in [0.4, 0.5) is 0 Å². The van der Waals surface area contributed by atoms with Crippen molar-refractivity contribution in [1.29, 1.82) is 0 Å². The molecular weight excluding hydrogens is 358 g/mol. The second-order valence-corrected chi connectivity index (χ2v) is 6.90. The van der Waals surface area contributed by atoms with Gasteiger partial charge in [0.2, 0.25) is 0 Å². The minimum atomic E-state index is -0.991. The first-order valence-corrected chi connectivity index (χ1v) is 9.40. The number of aromatic carboxylic acids is 1. The van der Waals surface area contributed by atoms with E-state index in [9.17, 15) is 14.7 Å². The highest BCUT2D eigenvalue weighted by molar-refractivity contribution is 5.98. The number of carboxylic acids is 1. The van der Waals surface area contributed by atoms with Crippen LogP contribution in [0.5, 0.6) is 0 Å². The second-order valence-electron chi connectivity index (χ2n) is 6.90. The average Bonchev–Trinajstić information content (AvgIpc) is 2.70. The molecular formula is C21H25N3O4. The number of aryl methyl sites for hydroxylation is 1. The number of benzene rings is 1. The van der Waals surface area contributed by atoms with E-state index >= 15 is 0 Å². The van der Waals surface area contributed by atoms with Crippen molar-refractivity contribution in [2.24, 2.45) is 0 Å². The van der Waals surface area contributed by atoms with Gasteiger partial charge in [-0.15, -0.1) is 0 Å². The second kappa shape index (κ2) is 8.95. The summed E-state index contributed by atoms with van der Waals surface area (Å²) in [6, 6.07) is 7.49. The summed E-state index contributed by atoms with van der Waals surface area (Å²) in [7, 11) is 0. The number of carbonyl (C=O) groups is 2. The zero-order valence-electron chi connectivity index (χ0n) is 16.0. The normalized spacial score (nSPS) is 16.7. The number of nitrogens with one attached hydrogen (secondary N) is 2. The standard InChI is InChI=1S/C21H25N3O4/c1-13(2)21(27)28-11-5-8-16-19(20(25)26)18(17-12-22-9-10-23-17)14-6-3-4-7-15(14)24-16/h3-4,6-7,17,22-23H,1,5,8-12H2,2H3,(H,25,26). The van der Waals surface area contributed by atoms with Gasteiger partial charge >= 0.3 is 11.9 Å². The number of carbonyl (C=O) groups excluding carboxylic acids is 1. The minimum absolute atomic E-state index is 0.104. The Balaban J connectivity index is 1.95. The Morgan fingerprint density at radius 2 is 2.11 bits per heavy atom. The highest BCUT2D eigenvalue weighted by atomic mass is 16.5. The van der Waals surface area contributed by atoms with Gasteiger partial charge in [0.05, 0.1) is 23.4 Å². The van der Waals surface area contributed by atoms with Crippen molar-refractivity contribution in [2.45, 2.75) is 25.8 Å². The maximum absolute atomic E-state index is 12.2. The van der Waals surface area contributed by atoms with Crippen LogP contribution in [0, 0.1) is 0 Å². The number of esters is 1. The Kier molecular flexibility index (Phi) is 6.38. The average molecular weight is 383 g/mol. The lowest BCUT2D eigenvalue weighted by atomic mass is 9.92. The molecule has 1 saturated heterocycles. The van der Waals surface area contributed by atoms with E-state index in [1.165, 1.54) is 0 Å². The van der Waals surface area contributed by atoms with E-state index in [-0.39, 0.29) is 18.2 Å². The summed E-state index contributed by atoms with van der Waals surface area (Å²) in [5, 5.41) is 17.5. The zero-order chi connectivity index (χ0) is 20.1. The third kappa shape index (κ3) is 4.37.